The van der Waals surface area contributed by atoms with E-state index in [1.54, 1.807) is 4.90 Å². The fourth-order valence-corrected chi connectivity index (χ4v) is 2.76. The van der Waals surface area contributed by atoms with Gasteiger partial charge < -0.3 is 10.0 Å². The summed E-state index contributed by atoms with van der Waals surface area (Å²) in [6, 6.07) is 5.89. The summed E-state index contributed by atoms with van der Waals surface area (Å²) >= 11 is 2.23. The molecule has 2 rings (SSSR count). The number of hydrogen-bond donors (Lipinski definition) is 1. The molecular weight excluding hydrogens is 345 g/mol. The van der Waals surface area contributed by atoms with Gasteiger partial charge in [-0.3, -0.25) is 9.59 Å². The molecule has 4 nitrogen and oxygen atoms in total. The molecule has 1 fully saturated rings. The summed E-state index contributed by atoms with van der Waals surface area (Å²) in [5.74, 6) is -1.57. The van der Waals surface area contributed by atoms with Gasteiger partial charge >= 0.3 is 5.97 Å². The number of rotatable bonds is 3. The third-order valence-corrected chi connectivity index (χ3v) is 3.86. The van der Waals surface area contributed by atoms with Crippen molar-refractivity contribution in [3.05, 3.63) is 27.3 Å². The van der Waals surface area contributed by atoms with Crippen molar-refractivity contribution in [2.45, 2.75) is 19.8 Å². The van der Waals surface area contributed by atoms with Crippen LogP contribution < -0.4 is 4.90 Å². The molecular formula is C13H14INO3. The Morgan fingerprint density at radius 3 is 2.83 bits per heavy atom. The number of carbonyl (C=O) groups is 2. The van der Waals surface area contributed by atoms with Crippen molar-refractivity contribution in [3.8, 4) is 0 Å². The van der Waals surface area contributed by atoms with Crippen LogP contribution in [0, 0.1) is 9.49 Å². The highest BCUT2D eigenvalue weighted by atomic mass is 127. The lowest BCUT2D eigenvalue weighted by Crippen LogP contribution is -2.26. The molecule has 5 heteroatoms. The van der Waals surface area contributed by atoms with Crippen molar-refractivity contribution in [2.24, 2.45) is 5.92 Å². The predicted octanol–water partition coefficient (Wildman–Crippen LogP) is 2.29. The molecule has 0 saturated carbocycles. The Hall–Kier alpha value is -1.11. The van der Waals surface area contributed by atoms with E-state index in [9.17, 15) is 9.59 Å². The number of amides is 1. The Bertz CT molecular complexity index is 501. The van der Waals surface area contributed by atoms with Crippen LogP contribution in [0.5, 0.6) is 0 Å². The Morgan fingerprint density at radius 1 is 1.56 bits per heavy atom. The average molecular weight is 359 g/mol. The fraction of sp³-hybridized carbons (Fsp3) is 0.385. The van der Waals surface area contributed by atoms with Crippen LogP contribution in [0.4, 0.5) is 5.69 Å². The number of carboxylic acids is 1. The number of anilines is 1. The highest BCUT2D eigenvalue weighted by Crippen LogP contribution is 2.29. The van der Waals surface area contributed by atoms with Gasteiger partial charge in [0, 0.05) is 22.2 Å². The molecule has 0 radical (unpaired) electrons. The lowest BCUT2D eigenvalue weighted by atomic mass is 10.1. The van der Waals surface area contributed by atoms with Gasteiger partial charge in [-0.1, -0.05) is 6.92 Å². The summed E-state index contributed by atoms with van der Waals surface area (Å²) in [7, 11) is 0. The van der Waals surface area contributed by atoms with Gasteiger partial charge in [-0.05, 0) is 52.8 Å². The highest BCUT2D eigenvalue weighted by molar-refractivity contribution is 14.1. The number of halogens is 1. The zero-order valence-corrected chi connectivity index (χ0v) is 12.2. The van der Waals surface area contributed by atoms with Crippen molar-refractivity contribution >= 4 is 40.2 Å². The van der Waals surface area contributed by atoms with Gasteiger partial charge in [-0.25, -0.2) is 0 Å². The van der Waals surface area contributed by atoms with Crippen molar-refractivity contribution in [2.75, 3.05) is 11.4 Å². The number of benzene rings is 1. The molecule has 0 bridgehead atoms. The first kappa shape index (κ1) is 13.3. The molecule has 0 aliphatic carbocycles. The molecule has 1 saturated heterocycles. The van der Waals surface area contributed by atoms with E-state index in [-0.39, 0.29) is 18.9 Å². The predicted molar refractivity (Wildman–Crippen MR) is 76.6 cm³/mol. The SMILES string of the molecule is CCc1cc(I)ccc1N1CC(C(=O)O)CC1=O. The van der Waals surface area contributed by atoms with Gasteiger partial charge in [0.1, 0.15) is 0 Å². The molecule has 1 aliphatic heterocycles. The third-order valence-electron chi connectivity index (χ3n) is 3.19. The first-order chi connectivity index (χ1) is 8.52. The second kappa shape index (κ2) is 5.26. The van der Waals surface area contributed by atoms with E-state index in [0.717, 1.165) is 21.2 Å². The van der Waals surface area contributed by atoms with Crippen molar-refractivity contribution in [1.82, 2.24) is 0 Å². The molecule has 1 atom stereocenters. The maximum absolute atomic E-state index is 11.9. The number of carboxylic acid groups (broad SMARTS) is 1. The summed E-state index contributed by atoms with van der Waals surface area (Å²) in [6.45, 7) is 2.31. The summed E-state index contributed by atoms with van der Waals surface area (Å²) in [5.41, 5.74) is 1.94. The molecule has 1 amide bonds. The number of carbonyl (C=O) groups excluding carboxylic acids is 1. The Labute approximate surface area is 119 Å². The summed E-state index contributed by atoms with van der Waals surface area (Å²) < 4.78 is 1.12. The lowest BCUT2D eigenvalue weighted by molar-refractivity contribution is -0.141. The maximum atomic E-state index is 11.9. The van der Waals surface area contributed by atoms with Crippen LogP contribution in [-0.4, -0.2) is 23.5 Å². The quantitative estimate of drug-likeness (QED) is 0.843. The average Bonchev–Trinajstić information content (AvgIpc) is 2.71. The molecule has 1 aromatic rings. The second-order valence-corrected chi connectivity index (χ2v) is 5.62. The van der Waals surface area contributed by atoms with Crippen molar-refractivity contribution in [1.29, 1.82) is 0 Å². The monoisotopic (exact) mass is 359 g/mol. The minimum atomic E-state index is -0.894. The van der Waals surface area contributed by atoms with Crippen LogP contribution in [0.2, 0.25) is 0 Å². The Kier molecular flexibility index (Phi) is 3.89. The van der Waals surface area contributed by atoms with Gasteiger partial charge in [0.25, 0.3) is 0 Å². The second-order valence-electron chi connectivity index (χ2n) is 4.37. The van der Waals surface area contributed by atoms with E-state index >= 15 is 0 Å². The fourth-order valence-electron chi connectivity index (χ4n) is 2.21. The first-order valence-corrected chi connectivity index (χ1v) is 6.92. The molecule has 96 valence electrons. The molecule has 1 aliphatic rings. The number of aryl methyl sites for hydroxylation is 1. The minimum absolute atomic E-state index is 0.0988. The van der Waals surface area contributed by atoms with Crippen molar-refractivity contribution < 1.29 is 14.7 Å². The lowest BCUT2D eigenvalue weighted by Gasteiger charge is -2.19. The molecule has 0 aromatic heterocycles. The zero-order chi connectivity index (χ0) is 13.3. The Balaban J connectivity index is 2.32. The largest absolute Gasteiger partial charge is 0.481 e. The van der Waals surface area contributed by atoms with Crippen LogP contribution in [0.25, 0.3) is 0 Å². The van der Waals surface area contributed by atoms with Crippen molar-refractivity contribution in [3.63, 3.8) is 0 Å². The van der Waals surface area contributed by atoms with Gasteiger partial charge in [0.15, 0.2) is 0 Å². The van der Waals surface area contributed by atoms with Gasteiger partial charge in [-0.15, -0.1) is 0 Å². The normalized spacial score (nSPS) is 19.3. The number of hydrogen-bond acceptors (Lipinski definition) is 2. The van der Waals surface area contributed by atoms with E-state index in [1.807, 2.05) is 25.1 Å². The number of aliphatic carboxylic acids is 1. The van der Waals surface area contributed by atoms with E-state index in [4.69, 9.17) is 5.11 Å². The molecule has 1 N–H and O–H groups in total. The van der Waals surface area contributed by atoms with Crippen LogP contribution in [0.3, 0.4) is 0 Å². The summed E-state index contributed by atoms with van der Waals surface area (Å²) in [4.78, 5) is 24.5. The summed E-state index contributed by atoms with van der Waals surface area (Å²) in [5, 5.41) is 8.99. The molecule has 1 heterocycles. The van der Waals surface area contributed by atoms with Gasteiger partial charge in [0.05, 0.1) is 5.92 Å². The van der Waals surface area contributed by atoms with Crippen LogP contribution in [0.15, 0.2) is 18.2 Å². The van der Waals surface area contributed by atoms with E-state index < -0.39 is 11.9 Å². The Morgan fingerprint density at radius 2 is 2.28 bits per heavy atom. The van der Waals surface area contributed by atoms with Crippen LogP contribution in [0.1, 0.15) is 18.9 Å². The third kappa shape index (κ3) is 2.50. The standard InChI is InChI=1S/C13H14INO3/c1-2-8-5-10(14)3-4-11(8)15-7-9(13(17)18)6-12(15)16/h3-5,9H,2,6-7H2,1H3,(H,17,18). The van der Waals surface area contributed by atoms with Crippen LogP contribution >= 0.6 is 22.6 Å². The van der Waals surface area contributed by atoms with E-state index in [0.29, 0.717) is 0 Å². The molecule has 18 heavy (non-hydrogen) atoms. The summed E-state index contributed by atoms with van der Waals surface area (Å²) in [6.07, 6.45) is 0.929. The van der Waals surface area contributed by atoms with Gasteiger partial charge in [0.2, 0.25) is 5.91 Å². The smallest absolute Gasteiger partial charge is 0.308 e. The van der Waals surface area contributed by atoms with E-state index in [1.165, 1.54) is 0 Å². The molecule has 1 aromatic carbocycles. The first-order valence-electron chi connectivity index (χ1n) is 5.84. The van der Waals surface area contributed by atoms with Gasteiger partial charge in [-0.2, -0.15) is 0 Å². The van der Waals surface area contributed by atoms with Crippen LogP contribution in [-0.2, 0) is 16.0 Å². The molecule has 1 unspecified atom stereocenters. The van der Waals surface area contributed by atoms with E-state index in [2.05, 4.69) is 22.6 Å². The molecule has 0 spiro atoms. The maximum Gasteiger partial charge on any atom is 0.308 e. The minimum Gasteiger partial charge on any atom is -0.481 e. The topological polar surface area (TPSA) is 57.6 Å². The zero-order valence-electron chi connectivity index (χ0n) is 10.0. The number of nitrogens with zero attached hydrogens (tertiary/aromatic N) is 1. The highest BCUT2D eigenvalue weighted by Gasteiger charge is 2.35.